The maximum Gasteiger partial charge on any atom is 0.303 e. The topological polar surface area (TPSA) is 55.4 Å². The Morgan fingerprint density at radius 3 is 2.36 bits per heavy atom. The van der Waals surface area contributed by atoms with E-state index in [0.717, 1.165) is 10.0 Å². The number of carbonyl (C=O) groups is 2. The molecule has 0 bridgehead atoms. The molecule has 0 aromatic heterocycles. The number of amides is 1. The summed E-state index contributed by atoms with van der Waals surface area (Å²) in [5.41, 5.74) is 1.59. The molecule has 2 rings (SSSR count). The average Bonchev–Trinajstić information content (AvgIpc) is 2.52. The molecule has 0 aliphatic carbocycles. The summed E-state index contributed by atoms with van der Waals surface area (Å²) in [6, 6.07) is 16.7. The van der Waals surface area contributed by atoms with Crippen LogP contribution in [-0.4, -0.2) is 11.9 Å². The lowest BCUT2D eigenvalue weighted by Gasteiger charge is -2.18. The second-order valence-corrected chi connectivity index (χ2v) is 5.57. The monoisotopic (exact) mass is 361 g/mol. The number of benzene rings is 2. The van der Waals surface area contributed by atoms with Crippen molar-refractivity contribution >= 4 is 27.8 Å². The molecule has 0 heterocycles. The molecule has 114 valence electrons. The molecule has 0 saturated heterocycles. The van der Waals surface area contributed by atoms with Crippen molar-refractivity contribution in [1.29, 1.82) is 0 Å². The van der Waals surface area contributed by atoms with Gasteiger partial charge in [0.1, 0.15) is 0 Å². The van der Waals surface area contributed by atoms with Gasteiger partial charge in [0.2, 0.25) is 6.10 Å². The summed E-state index contributed by atoms with van der Waals surface area (Å²) in [4.78, 5) is 23.7. The molecule has 1 N–H and O–H groups in total. The number of nitrogens with one attached hydrogen (secondary N) is 1. The SMILES string of the molecule is CC(=O)OC(C(=O)NCc1ccccc1)c1ccccc1Br. The predicted molar refractivity (Wildman–Crippen MR) is 86.9 cm³/mol. The normalized spacial score (nSPS) is 11.5. The lowest BCUT2D eigenvalue weighted by Crippen LogP contribution is -2.31. The van der Waals surface area contributed by atoms with Gasteiger partial charge in [0.15, 0.2) is 0 Å². The number of rotatable bonds is 5. The smallest absolute Gasteiger partial charge is 0.303 e. The van der Waals surface area contributed by atoms with Gasteiger partial charge < -0.3 is 10.1 Å². The van der Waals surface area contributed by atoms with Crippen LogP contribution >= 0.6 is 15.9 Å². The maximum atomic E-state index is 12.4. The maximum absolute atomic E-state index is 12.4. The highest BCUT2D eigenvalue weighted by atomic mass is 79.9. The highest BCUT2D eigenvalue weighted by Gasteiger charge is 2.25. The third-order valence-electron chi connectivity index (χ3n) is 3.02. The van der Waals surface area contributed by atoms with Gasteiger partial charge >= 0.3 is 5.97 Å². The summed E-state index contributed by atoms with van der Waals surface area (Å²) in [5, 5.41) is 2.79. The van der Waals surface area contributed by atoms with E-state index in [-0.39, 0.29) is 5.91 Å². The van der Waals surface area contributed by atoms with E-state index in [4.69, 9.17) is 4.74 Å². The molecule has 2 aromatic rings. The van der Waals surface area contributed by atoms with E-state index in [2.05, 4.69) is 21.2 Å². The van der Waals surface area contributed by atoms with Gasteiger partial charge in [-0.1, -0.05) is 64.5 Å². The largest absolute Gasteiger partial charge is 0.447 e. The van der Waals surface area contributed by atoms with Gasteiger partial charge in [0.25, 0.3) is 5.91 Å². The molecule has 0 radical (unpaired) electrons. The fourth-order valence-corrected chi connectivity index (χ4v) is 2.48. The van der Waals surface area contributed by atoms with E-state index < -0.39 is 12.1 Å². The van der Waals surface area contributed by atoms with Gasteiger partial charge in [0.05, 0.1) is 0 Å². The number of carbonyl (C=O) groups excluding carboxylic acids is 2. The minimum atomic E-state index is -0.975. The number of hydrogen-bond acceptors (Lipinski definition) is 3. The summed E-state index contributed by atoms with van der Waals surface area (Å²) in [5.74, 6) is -0.860. The zero-order valence-electron chi connectivity index (χ0n) is 12.1. The van der Waals surface area contributed by atoms with Crippen LogP contribution in [0.2, 0.25) is 0 Å². The zero-order valence-corrected chi connectivity index (χ0v) is 13.7. The van der Waals surface area contributed by atoms with E-state index in [0.29, 0.717) is 12.1 Å². The summed E-state index contributed by atoms with van der Waals surface area (Å²) >= 11 is 3.38. The van der Waals surface area contributed by atoms with Crippen LogP contribution in [0.15, 0.2) is 59.1 Å². The van der Waals surface area contributed by atoms with Crippen molar-refractivity contribution in [3.05, 3.63) is 70.2 Å². The Labute approximate surface area is 137 Å². The first-order valence-corrected chi connectivity index (χ1v) is 7.60. The van der Waals surface area contributed by atoms with Gasteiger partial charge in [-0.05, 0) is 11.6 Å². The summed E-state index contributed by atoms with van der Waals surface area (Å²) in [6.45, 7) is 1.66. The summed E-state index contributed by atoms with van der Waals surface area (Å²) in [6.07, 6.45) is -0.975. The molecule has 0 fully saturated rings. The molecular weight excluding hydrogens is 346 g/mol. The van der Waals surface area contributed by atoms with Gasteiger partial charge in [-0.3, -0.25) is 9.59 Å². The number of ether oxygens (including phenoxy) is 1. The molecule has 2 aromatic carbocycles. The second-order valence-electron chi connectivity index (χ2n) is 4.71. The van der Waals surface area contributed by atoms with E-state index in [1.165, 1.54) is 6.92 Å². The van der Waals surface area contributed by atoms with Crippen molar-refractivity contribution < 1.29 is 14.3 Å². The molecule has 4 nitrogen and oxygen atoms in total. The molecule has 1 amide bonds. The molecule has 0 spiro atoms. The fraction of sp³-hybridized carbons (Fsp3) is 0.176. The highest BCUT2D eigenvalue weighted by Crippen LogP contribution is 2.26. The van der Waals surface area contributed by atoms with Crippen LogP contribution in [0.1, 0.15) is 24.2 Å². The summed E-state index contributed by atoms with van der Waals surface area (Å²) in [7, 11) is 0. The minimum absolute atomic E-state index is 0.356. The Morgan fingerprint density at radius 2 is 1.73 bits per heavy atom. The van der Waals surface area contributed by atoms with Gasteiger partial charge in [-0.15, -0.1) is 0 Å². The van der Waals surface area contributed by atoms with Crippen LogP contribution in [-0.2, 0) is 20.9 Å². The van der Waals surface area contributed by atoms with Crippen LogP contribution in [0.25, 0.3) is 0 Å². The highest BCUT2D eigenvalue weighted by molar-refractivity contribution is 9.10. The van der Waals surface area contributed by atoms with Gasteiger partial charge in [-0.2, -0.15) is 0 Å². The molecule has 1 atom stereocenters. The first-order chi connectivity index (χ1) is 10.6. The first-order valence-electron chi connectivity index (χ1n) is 6.81. The van der Waals surface area contributed by atoms with E-state index in [1.54, 1.807) is 18.2 Å². The van der Waals surface area contributed by atoms with Crippen LogP contribution in [0, 0.1) is 0 Å². The Bertz CT molecular complexity index is 658. The Hall–Kier alpha value is -2.14. The van der Waals surface area contributed by atoms with Crippen LogP contribution in [0.4, 0.5) is 0 Å². The van der Waals surface area contributed by atoms with Gasteiger partial charge in [0, 0.05) is 23.5 Å². The third kappa shape index (κ3) is 4.43. The third-order valence-corrected chi connectivity index (χ3v) is 3.74. The average molecular weight is 362 g/mol. The number of halogens is 1. The Kier molecular flexibility index (Phi) is 5.72. The van der Waals surface area contributed by atoms with Crippen LogP contribution < -0.4 is 5.32 Å². The fourth-order valence-electron chi connectivity index (χ4n) is 1.99. The van der Waals surface area contributed by atoms with Crippen LogP contribution in [0.5, 0.6) is 0 Å². The minimum Gasteiger partial charge on any atom is -0.447 e. The number of esters is 1. The van der Waals surface area contributed by atoms with Crippen molar-refractivity contribution in [2.45, 2.75) is 19.6 Å². The van der Waals surface area contributed by atoms with Crippen molar-refractivity contribution in [2.75, 3.05) is 0 Å². The Morgan fingerprint density at radius 1 is 1.09 bits per heavy atom. The zero-order chi connectivity index (χ0) is 15.9. The first kappa shape index (κ1) is 16.2. The molecule has 0 aliphatic heterocycles. The standard InChI is InChI=1S/C17H16BrNO3/c1-12(20)22-16(14-9-5-6-10-15(14)18)17(21)19-11-13-7-3-2-4-8-13/h2-10,16H,11H2,1H3,(H,19,21). The van der Waals surface area contributed by atoms with Crippen molar-refractivity contribution in [3.63, 3.8) is 0 Å². The van der Waals surface area contributed by atoms with Gasteiger partial charge in [-0.25, -0.2) is 0 Å². The second kappa shape index (κ2) is 7.75. The van der Waals surface area contributed by atoms with Crippen molar-refractivity contribution in [2.24, 2.45) is 0 Å². The number of hydrogen-bond donors (Lipinski definition) is 1. The Balaban J connectivity index is 2.13. The lowest BCUT2D eigenvalue weighted by atomic mass is 10.1. The molecule has 1 unspecified atom stereocenters. The lowest BCUT2D eigenvalue weighted by molar-refractivity contribution is -0.154. The molecule has 0 aliphatic rings. The molecule has 22 heavy (non-hydrogen) atoms. The predicted octanol–water partition coefficient (Wildman–Crippen LogP) is 3.37. The van der Waals surface area contributed by atoms with E-state index in [9.17, 15) is 9.59 Å². The molecular formula is C17H16BrNO3. The quantitative estimate of drug-likeness (QED) is 0.830. The van der Waals surface area contributed by atoms with E-state index in [1.807, 2.05) is 36.4 Å². The van der Waals surface area contributed by atoms with Crippen LogP contribution in [0.3, 0.4) is 0 Å². The van der Waals surface area contributed by atoms with Crippen molar-refractivity contribution in [3.8, 4) is 0 Å². The summed E-state index contributed by atoms with van der Waals surface area (Å²) < 4.78 is 5.91. The molecule has 5 heteroatoms. The van der Waals surface area contributed by atoms with Crippen molar-refractivity contribution in [1.82, 2.24) is 5.32 Å². The van der Waals surface area contributed by atoms with E-state index >= 15 is 0 Å². The molecule has 0 saturated carbocycles.